The third-order valence-electron chi connectivity index (χ3n) is 4.35. The smallest absolute Gasteiger partial charge is 0.119 e. The second-order valence-electron chi connectivity index (χ2n) is 5.85. The summed E-state index contributed by atoms with van der Waals surface area (Å²) in [5, 5.41) is 0. The molecule has 1 unspecified atom stereocenters. The van der Waals surface area contributed by atoms with Crippen LogP contribution in [0, 0.1) is 0 Å². The average Bonchev–Trinajstić information content (AvgIpc) is 2.92. The van der Waals surface area contributed by atoms with Gasteiger partial charge in [0.05, 0.1) is 13.2 Å². The predicted molar refractivity (Wildman–Crippen MR) is 91.7 cm³/mol. The van der Waals surface area contributed by atoms with E-state index in [1.165, 1.54) is 22.5 Å². The Morgan fingerprint density at radius 1 is 1.18 bits per heavy atom. The van der Waals surface area contributed by atoms with E-state index in [9.17, 15) is 0 Å². The van der Waals surface area contributed by atoms with E-state index in [0.29, 0.717) is 6.54 Å². The van der Waals surface area contributed by atoms with Crippen LogP contribution in [-0.4, -0.2) is 27.7 Å². The van der Waals surface area contributed by atoms with Crippen LogP contribution in [0.3, 0.4) is 0 Å². The zero-order chi connectivity index (χ0) is 15.7. The molecule has 116 valence electrons. The Kier molecular flexibility index (Phi) is 3.94. The van der Waals surface area contributed by atoms with Gasteiger partial charge in [-0.1, -0.05) is 6.07 Å². The van der Waals surface area contributed by atoms with Gasteiger partial charge in [0.25, 0.3) is 0 Å². The lowest BCUT2D eigenvalue weighted by molar-refractivity contribution is 0.414. The fourth-order valence-corrected chi connectivity index (χ4v) is 3.08. The summed E-state index contributed by atoms with van der Waals surface area (Å²) in [6.07, 6.45) is 0. The molecule has 1 heterocycles. The van der Waals surface area contributed by atoms with Gasteiger partial charge >= 0.3 is 0 Å². The first kappa shape index (κ1) is 14.7. The molecule has 0 amide bonds. The van der Waals surface area contributed by atoms with Gasteiger partial charge in [-0.3, -0.25) is 0 Å². The van der Waals surface area contributed by atoms with Crippen LogP contribution in [0.25, 0.3) is 0 Å². The van der Waals surface area contributed by atoms with Crippen LogP contribution in [0.4, 0.5) is 11.4 Å². The molecule has 4 nitrogen and oxygen atoms in total. The summed E-state index contributed by atoms with van der Waals surface area (Å²) >= 11 is 0. The number of benzene rings is 2. The zero-order valence-electron chi connectivity index (χ0n) is 13.4. The SMILES string of the molecule is COc1ccc2c(c1)C(CN)N(c1ccc(N(C)C)cc1)C2. The Balaban J connectivity index is 1.92. The molecule has 0 saturated carbocycles. The molecule has 4 heteroatoms. The van der Waals surface area contributed by atoms with E-state index < -0.39 is 0 Å². The summed E-state index contributed by atoms with van der Waals surface area (Å²) in [4.78, 5) is 4.47. The Morgan fingerprint density at radius 3 is 2.50 bits per heavy atom. The number of rotatable bonds is 4. The van der Waals surface area contributed by atoms with Crippen molar-refractivity contribution in [2.45, 2.75) is 12.6 Å². The molecular formula is C18H23N3O. The van der Waals surface area contributed by atoms with Gasteiger partial charge < -0.3 is 20.3 Å². The Morgan fingerprint density at radius 2 is 1.91 bits per heavy atom. The van der Waals surface area contributed by atoms with E-state index in [0.717, 1.165) is 12.3 Å². The van der Waals surface area contributed by atoms with Crippen molar-refractivity contribution in [1.82, 2.24) is 0 Å². The molecule has 0 spiro atoms. The fraction of sp³-hybridized carbons (Fsp3) is 0.333. The average molecular weight is 297 g/mol. The van der Waals surface area contributed by atoms with Crippen LogP contribution in [0.2, 0.25) is 0 Å². The van der Waals surface area contributed by atoms with Gasteiger partial charge in [-0.2, -0.15) is 0 Å². The van der Waals surface area contributed by atoms with Crippen molar-refractivity contribution in [3.05, 3.63) is 53.6 Å². The minimum Gasteiger partial charge on any atom is -0.497 e. The van der Waals surface area contributed by atoms with Gasteiger partial charge in [0.15, 0.2) is 0 Å². The first-order valence-electron chi connectivity index (χ1n) is 7.55. The van der Waals surface area contributed by atoms with Crippen molar-refractivity contribution >= 4 is 11.4 Å². The van der Waals surface area contributed by atoms with Gasteiger partial charge in [-0.25, -0.2) is 0 Å². The number of nitrogens with two attached hydrogens (primary N) is 1. The molecule has 0 fully saturated rings. The molecule has 1 aliphatic rings. The number of ether oxygens (including phenoxy) is 1. The highest BCUT2D eigenvalue weighted by Crippen LogP contribution is 2.38. The Hall–Kier alpha value is -2.20. The maximum absolute atomic E-state index is 6.06. The summed E-state index contributed by atoms with van der Waals surface area (Å²) in [6.45, 7) is 1.48. The minimum atomic E-state index is 0.204. The van der Waals surface area contributed by atoms with Crippen LogP contribution in [0.5, 0.6) is 5.75 Å². The van der Waals surface area contributed by atoms with Crippen molar-refractivity contribution in [2.75, 3.05) is 37.5 Å². The highest BCUT2D eigenvalue weighted by Gasteiger charge is 2.29. The van der Waals surface area contributed by atoms with Crippen molar-refractivity contribution in [3.63, 3.8) is 0 Å². The Bertz CT molecular complexity index is 652. The summed E-state index contributed by atoms with van der Waals surface area (Å²) in [5.74, 6) is 0.891. The number of nitrogens with zero attached hydrogens (tertiary/aromatic N) is 2. The molecule has 3 rings (SSSR count). The number of anilines is 2. The van der Waals surface area contributed by atoms with Crippen molar-refractivity contribution in [2.24, 2.45) is 5.73 Å². The number of hydrogen-bond acceptors (Lipinski definition) is 4. The van der Waals surface area contributed by atoms with Crippen LogP contribution in [0.15, 0.2) is 42.5 Å². The van der Waals surface area contributed by atoms with E-state index >= 15 is 0 Å². The molecule has 2 aromatic rings. The highest BCUT2D eigenvalue weighted by molar-refractivity contribution is 5.60. The fourth-order valence-electron chi connectivity index (χ4n) is 3.08. The van der Waals surface area contributed by atoms with E-state index in [1.807, 2.05) is 6.07 Å². The van der Waals surface area contributed by atoms with Gasteiger partial charge in [0, 0.05) is 38.6 Å². The van der Waals surface area contributed by atoms with Crippen LogP contribution in [0.1, 0.15) is 17.2 Å². The quantitative estimate of drug-likeness (QED) is 0.942. The normalized spacial score (nSPS) is 16.5. The zero-order valence-corrected chi connectivity index (χ0v) is 13.4. The maximum atomic E-state index is 6.06. The number of methoxy groups -OCH3 is 1. The molecule has 22 heavy (non-hydrogen) atoms. The lowest BCUT2D eigenvalue weighted by Gasteiger charge is -2.27. The summed E-state index contributed by atoms with van der Waals surface area (Å²) in [7, 11) is 5.80. The Labute approximate surface area is 132 Å². The van der Waals surface area contributed by atoms with Crippen molar-refractivity contribution in [1.29, 1.82) is 0 Å². The molecule has 0 aromatic heterocycles. The molecule has 0 saturated heterocycles. The number of hydrogen-bond donors (Lipinski definition) is 1. The minimum absolute atomic E-state index is 0.204. The molecule has 1 atom stereocenters. The first-order valence-corrected chi connectivity index (χ1v) is 7.55. The second-order valence-corrected chi connectivity index (χ2v) is 5.85. The summed E-state index contributed by atoms with van der Waals surface area (Å²) < 4.78 is 5.35. The van der Waals surface area contributed by atoms with E-state index in [-0.39, 0.29) is 6.04 Å². The van der Waals surface area contributed by atoms with Gasteiger partial charge in [-0.15, -0.1) is 0 Å². The first-order chi connectivity index (χ1) is 10.6. The lowest BCUT2D eigenvalue weighted by atomic mass is 10.0. The maximum Gasteiger partial charge on any atom is 0.119 e. The molecule has 0 bridgehead atoms. The van der Waals surface area contributed by atoms with Crippen LogP contribution in [-0.2, 0) is 6.54 Å². The van der Waals surface area contributed by atoms with Crippen molar-refractivity contribution in [3.8, 4) is 5.75 Å². The van der Waals surface area contributed by atoms with Gasteiger partial charge in [0.1, 0.15) is 5.75 Å². The summed E-state index contributed by atoms with van der Waals surface area (Å²) in [5.41, 5.74) is 11.1. The molecule has 0 aliphatic carbocycles. The monoisotopic (exact) mass is 297 g/mol. The molecule has 2 aromatic carbocycles. The van der Waals surface area contributed by atoms with Crippen LogP contribution >= 0.6 is 0 Å². The van der Waals surface area contributed by atoms with E-state index in [1.54, 1.807) is 7.11 Å². The van der Waals surface area contributed by atoms with Crippen molar-refractivity contribution < 1.29 is 4.74 Å². The molecule has 0 radical (unpaired) electrons. The number of fused-ring (bicyclic) bond motifs is 1. The van der Waals surface area contributed by atoms with Gasteiger partial charge in [0.2, 0.25) is 0 Å². The summed E-state index contributed by atoms with van der Waals surface area (Å²) in [6, 6.07) is 15.1. The molecular weight excluding hydrogens is 274 g/mol. The van der Waals surface area contributed by atoms with Crippen LogP contribution < -0.4 is 20.3 Å². The van der Waals surface area contributed by atoms with E-state index in [2.05, 4.69) is 60.3 Å². The van der Waals surface area contributed by atoms with Gasteiger partial charge in [-0.05, 0) is 47.5 Å². The predicted octanol–water partition coefficient (Wildman–Crippen LogP) is 2.78. The third-order valence-corrected chi connectivity index (χ3v) is 4.35. The molecule has 1 aliphatic heterocycles. The third kappa shape index (κ3) is 2.50. The highest BCUT2D eigenvalue weighted by atomic mass is 16.5. The largest absolute Gasteiger partial charge is 0.497 e. The topological polar surface area (TPSA) is 41.7 Å². The standard InChI is InChI=1S/C18H23N3O/c1-20(2)14-5-7-15(8-6-14)21-12-13-4-9-16(22-3)10-17(13)18(21)11-19/h4-10,18H,11-12,19H2,1-3H3. The lowest BCUT2D eigenvalue weighted by Crippen LogP contribution is -2.27. The molecule has 2 N–H and O–H groups in total. The van der Waals surface area contributed by atoms with E-state index in [4.69, 9.17) is 10.5 Å². The second kappa shape index (κ2) is 5.89.